The van der Waals surface area contributed by atoms with Crippen LogP contribution < -0.4 is 4.74 Å². The first kappa shape index (κ1) is 10.1. The van der Waals surface area contributed by atoms with Crippen molar-refractivity contribution in [2.24, 2.45) is 0 Å². The van der Waals surface area contributed by atoms with Crippen LogP contribution in [0.3, 0.4) is 0 Å². The fourth-order valence-electron chi connectivity index (χ4n) is 1.50. The number of fused-ring (bicyclic) bond motifs is 1. The molecule has 80 valence electrons. The van der Waals surface area contributed by atoms with Crippen LogP contribution in [-0.2, 0) is 5.60 Å². The molecule has 0 aliphatic carbocycles. The third-order valence-electron chi connectivity index (χ3n) is 2.33. The van der Waals surface area contributed by atoms with Crippen LogP contribution in [0.4, 0.5) is 0 Å². The van der Waals surface area contributed by atoms with Gasteiger partial charge in [0.25, 0.3) is 0 Å². The van der Waals surface area contributed by atoms with E-state index >= 15 is 0 Å². The van der Waals surface area contributed by atoms with Gasteiger partial charge in [-0.1, -0.05) is 12.1 Å². The van der Waals surface area contributed by atoms with Gasteiger partial charge in [0, 0.05) is 5.39 Å². The highest BCUT2D eigenvalue weighted by Crippen LogP contribution is 2.32. The van der Waals surface area contributed by atoms with Crippen LogP contribution in [0.2, 0.25) is 0 Å². The number of furan rings is 1. The van der Waals surface area contributed by atoms with E-state index in [2.05, 4.69) is 0 Å². The first-order chi connectivity index (χ1) is 7.02. The molecule has 0 bridgehead atoms. The van der Waals surface area contributed by atoms with Crippen molar-refractivity contribution in [1.82, 2.24) is 0 Å². The molecule has 1 aromatic heterocycles. The van der Waals surface area contributed by atoms with E-state index in [1.54, 1.807) is 21.0 Å². The van der Waals surface area contributed by atoms with Gasteiger partial charge in [-0.15, -0.1) is 0 Å². The highest BCUT2D eigenvalue weighted by molar-refractivity contribution is 5.83. The van der Waals surface area contributed by atoms with Gasteiger partial charge in [0.2, 0.25) is 0 Å². The second kappa shape index (κ2) is 3.28. The minimum absolute atomic E-state index is 0.544. The summed E-state index contributed by atoms with van der Waals surface area (Å²) in [6.07, 6.45) is 0. The number of rotatable bonds is 2. The quantitative estimate of drug-likeness (QED) is 0.821. The molecule has 0 aliphatic rings. The first-order valence-corrected chi connectivity index (χ1v) is 4.82. The lowest BCUT2D eigenvalue weighted by Gasteiger charge is -2.12. The Kier molecular flexibility index (Phi) is 2.20. The summed E-state index contributed by atoms with van der Waals surface area (Å²) < 4.78 is 10.8. The SMILES string of the molecule is COc1cccc2cc(C(C)(C)O)oc12. The number of hydrogen-bond donors (Lipinski definition) is 1. The maximum absolute atomic E-state index is 9.82. The Balaban J connectivity index is 2.65. The lowest BCUT2D eigenvalue weighted by molar-refractivity contribution is 0.0558. The largest absolute Gasteiger partial charge is 0.493 e. The number of methoxy groups -OCH3 is 1. The summed E-state index contributed by atoms with van der Waals surface area (Å²) in [5.41, 5.74) is -0.290. The summed E-state index contributed by atoms with van der Waals surface area (Å²) in [7, 11) is 1.60. The van der Waals surface area contributed by atoms with Crippen LogP contribution in [0.5, 0.6) is 5.75 Å². The zero-order valence-corrected chi connectivity index (χ0v) is 9.07. The maximum atomic E-state index is 9.82. The highest BCUT2D eigenvalue weighted by Gasteiger charge is 2.21. The Bertz CT molecular complexity index is 477. The third-order valence-corrected chi connectivity index (χ3v) is 2.33. The smallest absolute Gasteiger partial charge is 0.176 e. The molecule has 15 heavy (non-hydrogen) atoms. The Morgan fingerprint density at radius 2 is 2.07 bits per heavy atom. The summed E-state index contributed by atoms with van der Waals surface area (Å²) in [6, 6.07) is 7.49. The van der Waals surface area contributed by atoms with Gasteiger partial charge in [0.1, 0.15) is 11.4 Å². The highest BCUT2D eigenvalue weighted by atomic mass is 16.5. The van der Waals surface area contributed by atoms with E-state index in [0.29, 0.717) is 17.1 Å². The molecule has 0 unspecified atom stereocenters. The van der Waals surface area contributed by atoms with Crippen molar-refractivity contribution >= 4 is 11.0 Å². The number of ether oxygens (including phenoxy) is 1. The fourth-order valence-corrected chi connectivity index (χ4v) is 1.50. The Morgan fingerprint density at radius 1 is 1.33 bits per heavy atom. The molecule has 0 spiro atoms. The molecule has 0 aliphatic heterocycles. The van der Waals surface area contributed by atoms with Crippen LogP contribution >= 0.6 is 0 Å². The van der Waals surface area contributed by atoms with Crippen molar-refractivity contribution in [2.45, 2.75) is 19.4 Å². The van der Waals surface area contributed by atoms with Gasteiger partial charge in [-0.3, -0.25) is 0 Å². The van der Waals surface area contributed by atoms with Crippen molar-refractivity contribution in [3.63, 3.8) is 0 Å². The minimum Gasteiger partial charge on any atom is -0.493 e. The molecule has 3 heteroatoms. The monoisotopic (exact) mass is 206 g/mol. The van der Waals surface area contributed by atoms with Gasteiger partial charge in [0.15, 0.2) is 11.3 Å². The zero-order valence-electron chi connectivity index (χ0n) is 9.07. The Hall–Kier alpha value is -1.48. The Labute approximate surface area is 88.3 Å². The van der Waals surface area contributed by atoms with E-state index in [9.17, 15) is 5.11 Å². The van der Waals surface area contributed by atoms with Crippen LogP contribution in [0.25, 0.3) is 11.0 Å². The van der Waals surface area contributed by atoms with Crippen LogP contribution in [0.1, 0.15) is 19.6 Å². The van der Waals surface area contributed by atoms with E-state index in [0.717, 1.165) is 5.39 Å². The summed E-state index contributed by atoms with van der Waals surface area (Å²) in [5, 5.41) is 10.8. The Morgan fingerprint density at radius 3 is 2.67 bits per heavy atom. The van der Waals surface area contributed by atoms with Crippen LogP contribution in [-0.4, -0.2) is 12.2 Å². The molecule has 2 rings (SSSR count). The maximum Gasteiger partial charge on any atom is 0.176 e. The van der Waals surface area contributed by atoms with Crippen molar-refractivity contribution < 1.29 is 14.3 Å². The van der Waals surface area contributed by atoms with E-state index in [4.69, 9.17) is 9.15 Å². The van der Waals surface area contributed by atoms with E-state index in [-0.39, 0.29) is 0 Å². The molecule has 1 aromatic carbocycles. The lowest BCUT2D eigenvalue weighted by atomic mass is 10.1. The molecule has 0 saturated carbocycles. The zero-order chi connectivity index (χ0) is 11.1. The van der Waals surface area contributed by atoms with Crippen molar-refractivity contribution in [3.05, 3.63) is 30.0 Å². The predicted octanol–water partition coefficient (Wildman–Crippen LogP) is 2.67. The standard InChI is InChI=1S/C12H14O3/c1-12(2,13)10-7-8-5-4-6-9(14-3)11(8)15-10/h4-7,13H,1-3H3. The van der Waals surface area contributed by atoms with E-state index in [1.807, 2.05) is 24.3 Å². The average Bonchev–Trinajstić information content (AvgIpc) is 2.59. The summed E-state index contributed by atoms with van der Waals surface area (Å²) in [5.74, 6) is 1.23. The number of para-hydroxylation sites is 1. The molecule has 1 N–H and O–H groups in total. The topological polar surface area (TPSA) is 42.6 Å². The van der Waals surface area contributed by atoms with Gasteiger partial charge < -0.3 is 14.3 Å². The summed E-state index contributed by atoms with van der Waals surface area (Å²) in [4.78, 5) is 0. The molecular formula is C12H14O3. The molecule has 0 fully saturated rings. The number of aliphatic hydroxyl groups is 1. The van der Waals surface area contributed by atoms with Gasteiger partial charge >= 0.3 is 0 Å². The summed E-state index contributed by atoms with van der Waals surface area (Å²) >= 11 is 0. The normalized spacial score (nSPS) is 12.0. The van der Waals surface area contributed by atoms with E-state index < -0.39 is 5.60 Å². The fraction of sp³-hybridized carbons (Fsp3) is 0.333. The molecule has 2 aromatic rings. The molecule has 1 heterocycles. The van der Waals surface area contributed by atoms with Gasteiger partial charge in [0.05, 0.1) is 7.11 Å². The average molecular weight is 206 g/mol. The first-order valence-electron chi connectivity index (χ1n) is 4.82. The van der Waals surface area contributed by atoms with Crippen molar-refractivity contribution in [1.29, 1.82) is 0 Å². The van der Waals surface area contributed by atoms with Gasteiger partial charge in [-0.25, -0.2) is 0 Å². The lowest BCUT2D eigenvalue weighted by Crippen LogP contribution is -2.13. The van der Waals surface area contributed by atoms with Crippen molar-refractivity contribution in [3.8, 4) is 5.75 Å². The molecule has 0 atom stereocenters. The number of hydrogen-bond acceptors (Lipinski definition) is 3. The second-order valence-corrected chi connectivity index (χ2v) is 4.05. The molecule has 3 nitrogen and oxygen atoms in total. The predicted molar refractivity (Wildman–Crippen MR) is 58.0 cm³/mol. The van der Waals surface area contributed by atoms with Gasteiger partial charge in [-0.05, 0) is 26.0 Å². The number of benzene rings is 1. The van der Waals surface area contributed by atoms with E-state index in [1.165, 1.54) is 0 Å². The van der Waals surface area contributed by atoms with Crippen LogP contribution in [0.15, 0.2) is 28.7 Å². The minimum atomic E-state index is -0.968. The molecule has 0 radical (unpaired) electrons. The van der Waals surface area contributed by atoms with Crippen molar-refractivity contribution in [2.75, 3.05) is 7.11 Å². The van der Waals surface area contributed by atoms with Gasteiger partial charge in [-0.2, -0.15) is 0 Å². The van der Waals surface area contributed by atoms with Crippen LogP contribution in [0, 0.1) is 0 Å². The molecule has 0 amide bonds. The third kappa shape index (κ3) is 1.70. The molecule has 0 saturated heterocycles. The second-order valence-electron chi connectivity index (χ2n) is 4.05. The molecular weight excluding hydrogens is 192 g/mol. The summed E-state index contributed by atoms with van der Waals surface area (Å²) in [6.45, 7) is 3.38.